The molecule has 1 N–H and O–H groups in total. The van der Waals surface area contributed by atoms with Gasteiger partial charge in [-0.15, -0.1) is 5.70 Å². The van der Waals surface area contributed by atoms with Crippen LogP contribution in [0.2, 0.25) is 18.1 Å². The Morgan fingerprint density at radius 2 is 1.70 bits per heavy atom. The van der Waals surface area contributed by atoms with Crippen LogP contribution in [0.3, 0.4) is 0 Å². The van der Waals surface area contributed by atoms with E-state index in [2.05, 4.69) is 58.7 Å². The lowest BCUT2D eigenvalue weighted by molar-refractivity contribution is 0.389. The van der Waals surface area contributed by atoms with Crippen LogP contribution in [0.25, 0.3) is 0 Å². The van der Waals surface area contributed by atoms with E-state index in [-0.39, 0.29) is 0 Å². The molecule has 1 saturated carbocycles. The van der Waals surface area contributed by atoms with Gasteiger partial charge < -0.3 is 5.32 Å². The Bertz CT molecular complexity index is 318. The number of hydrogen-bond acceptors (Lipinski definition) is 1. The van der Waals surface area contributed by atoms with Crippen molar-refractivity contribution in [1.82, 2.24) is 5.32 Å². The Morgan fingerprint density at radius 3 is 2.15 bits per heavy atom. The third-order valence-electron chi connectivity index (χ3n) is 5.63. The zero-order valence-electron chi connectivity index (χ0n) is 15.0. The van der Waals surface area contributed by atoms with Crippen molar-refractivity contribution >= 4 is 15.9 Å². The molecule has 0 saturated heterocycles. The highest BCUT2D eigenvalue weighted by Crippen LogP contribution is 2.38. The van der Waals surface area contributed by atoms with Crippen molar-refractivity contribution in [3.63, 3.8) is 0 Å². The first-order valence-corrected chi connectivity index (χ1v) is 14.8. The molecule has 1 nitrogen and oxygen atoms in total. The second-order valence-corrected chi connectivity index (χ2v) is 22.0. The highest BCUT2D eigenvalue weighted by molar-refractivity contribution is 7.35. The van der Waals surface area contributed by atoms with E-state index in [1.807, 2.05) is 0 Å². The Hall–Kier alpha value is 0.134. The van der Waals surface area contributed by atoms with Gasteiger partial charge in [0.2, 0.25) is 0 Å². The third kappa shape index (κ3) is 5.16. The normalized spacial score (nSPS) is 19.8. The first kappa shape index (κ1) is 18.2. The molecule has 1 unspecified atom stereocenters. The van der Waals surface area contributed by atoms with Crippen LogP contribution in [0.1, 0.15) is 66.7 Å². The number of hydrogen-bond donors (Lipinski definition) is 1. The summed E-state index contributed by atoms with van der Waals surface area (Å²) >= 11 is 0. The zero-order chi connectivity index (χ0) is 15.4. The molecular weight excluding hydrogens is 274 g/mol. The van der Waals surface area contributed by atoms with E-state index < -0.39 is 15.9 Å². The number of nitrogens with one attached hydrogen (secondary N) is 1. The summed E-state index contributed by atoms with van der Waals surface area (Å²) < 4.78 is 0. The molecule has 0 bridgehead atoms. The fourth-order valence-corrected chi connectivity index (χ4v) is 14.1. The molecule has 0 aromatic rings. The van der Waals surface area contributed by atoms with Crippen LogP contribution in [0.4, 0.5) is 0 Å². The second-order valence-electron chi connectivity index (χ2n) is 8.57. The van der Waals surface area contributed by atoms with Gasteiger partial charge in [0, 0.05) is 13.6 Å². The molecule has 1 atom stereocenters. The predicted molar refractivity (Wildman–Crippen MR) is 98.7 cm³/mol. The van der Waals surface area contributed by atoms with Gasteiger partial charge >= 0.3 is 0 Å². The summed E-state index contributed by atoms with van der Waals surface area (Å²) in [6.45, 7) is 17.2. The summed E-state index contributed by atoms with van der Waals surface area (Å²) in [5, 5.41) is 4.48. The maximum absolute atomic E-state index is 3.96. The molecule has 1 aliphatic rings. The van der Waals surface area contributed by atoms with Gasteiger partial charge in [-0.05, 0) is 37.9 Å². The molecule has 20 heavy (non-hydrogen) atoms. The van der Waals surface area contributed by atoms with Crippen molar-refractivity contribution in [3.05, 3.63) is 11.3 Å². The standard InChI is InChI=1S/C17H37NSi2/c1-15(2)13-19(20(6,7)17(3,4)5)14-18-16-11-9-8-10-12-16/h13,16,18-19H,8-12,14H2,1-7H3. The van der Waals surface area contributed by atoms with Crippen LogP contribution in [-0.2, 0) is 0 Å². The predicted octanol–water partition coefficient (Wildman–Crippen LogP) is 4.77. The molecule has 0 aliphatic heterocycles. The average molecular weight is 312 g/mol. The minimum absolute atomic E-state index is 0.518. The van der Waals surface area contributed by atoms with Crippen LogP contribution in [-0.4, -0.2) is 28.1 Å². The molecular formula is C17H37NSi2. The second kappa shape index (κ2) is 7.41. The maximum Gasteiger partial charge on any atom is 0.0708 e. The van der Waals surface area contributed by atoms with E-state index in [9.17, 15) is 0 Å². The molecule has 0 aromatic carbocycles. The Kier molecular flexibility index (Phi) is 6.74. The van der Waals surface area contributed by atoms with Crippen LogP contribution >= 0.6 is 0 Å². The van der Waals surface area contributed by atoms with Gasteiger partial charge in [-0.25, -0.2) is 0 Å². The lowest BCUT2D eigenvalue weighted by Crippen LogP contribution is -2.57. The molecule has 0 heterocycles. The van der Waals surface area contributed by atoms with Crippen molar-refractivity contribution in [2.24, 2.45) is 0 Å². The van der Waals surface area contributed by atoms with Gasteiger partial charge in [0.05, 0.1) is 8.31 Å². The summed E-state index contributed by atoms with van der Waals surface area (Å²) in [6, 6.07) is 0.814. The van der Waals surface area contributed by atoms with Gasteiger partial charge in [0.25, 0.3) is 0 Å². The molecule has 3 heteroatoms. The highest BCUT2D eigenvalue weighted by Gasteiger charge is 2.41. The Balaban J connectivity index is 2.72. The van der Waals surface area contributed by atoms with Crippen LogP contribution in [0, 0.1) is 0 Å². The molecule has 0 radical (unpaired) electrons. The van der Waals surface area contributed by atoms with Gasteiger partial charge in [-0.3, -0.25) is 0 Å². The molecule has 118 valence electrons. The van der Waals surface area contributed by atoms with Gasteiger partial charge in [-0.2, -0.15) is 0 Å². The monoisotopic (exact) mass is 311 g/mol. The van der Waals surface area contributed by atoms with Gasteiger partial charge in [-0.1, -0.05) is 58.7 Å². The molecule has 1 rings (SSSR count). The molecule has 0 aromatic heterocycles. The van der Waals surface area contributed by atoms with Crippen molar-refractivity contribution in [3.8, 4) is 0 Å². The van der Waals surface area contributed by atoms with Crippen LogP contribution < -0.4 is 5.32 Å². The lowest BCUT2D eigenvalue weighted by Gasteiger charge is -2.42. The van der Waals surface area contributed by atoms with E-state index in [0.29, 0.717) is 5.04 Å². The summed E-state index contributed by atoms with van der Waals surface area (Å²) in [7, 11) is -2.01. The minimum atomic E-state index is -1.18. The quantitative estimate of drug-likeness (QED) is 0.721. The average Bonchev–Trinajstić information content (AvgIpc) is 2.33. The van der Waals surface area contributed by atoms with Crippen molar-refractivity contribution in [1.29, 1.82) is 0 Å². The summed E-state index contributed by atoms with van der Waals surface area (Å²) in [4.78, 5) is 0. The molecule has 1 aliphatic carbocycles. The zero-order valence-corrected chi connectivity index (χ0v) is 17.1. The first-order chi connectivity index (χ1) is 9.14. The number of rotatable bonds is 5. The van der Waals surface area contributed by atoms with Gasteiger partial charge in [0.1, 0.15) is 0 Å². The van der Waals surface area contributed by atoms with E-state index in [4.69, 9.17) is 0 Å². The molecule has 0 spiro atoms. The van der Waals surface area contributed by atoms with E-state index in [1.165, 1.54) is 43.8 Å². The van der Waals surface area contributed by atoms with Crippen LogP contribution in [0.5, 0.6) is 0 Å². The Morgan fingerprint density at radius 1 is 1.15 bits per heavy atom. The van der Waals surface area contributed by atoms with E-state index in [0.717, 1.165) is 6.04 Å². The summed E-state index contributed by atoms with van der Waals surface area (Å²) in [6.07, 6.45) is 8.47. The van der Waals surface area contributed by atoms with Crippen LogP contribution in [0.15, 0.2) is 11.3 Å². The minimum Gasteiger partial charge on any atom is -0.317 e. The highest BCUT2D eigenvalue weighted by atomic mass is 29.2. The maximum atomic E-state index is 3.96. The summed E-state index contributed by atoms with van der Waals surface area (Å²) in [5.74, 6) is 0. The van der Waals surface area contributed by atoms with Crippen molar-refractivity contribution < 1.29 is 0 Å². The van der Waals surface area contributed by atoms with E-state index >= 15 is 0 Å². The van der Waals surface area contributed by atoms with Crippen molar-refractivity contribution in [2.45, 2.75) is 90.9 Å². The van der Waals surface area contributed by atoms with Gasteiger partial charge in [0.15, 0.2) is 0 Å². The first-order valence-electron chi connectivity index (χ1n) is 8.53. The lowest BCUT2D eigenvalue weighted by atomic mass is 9.96. The topological polar surface area (TPSA) is 12.0 Å². The smallest absolute Gasteiger partial charge is 0.0708 e. The fraction of sp³-hybridized carbons (Fsp3) is 0.882. The van der Waals surface area contributed by atoms with E-state index in [1.54, 1.807) is 0 Å². The summed E-state index contributed by atoms with van der Waals surface area (Å²) in [5.41, 5.74) is 4.23. The van der Waals surface area contributed by atoms with Crippen molar-refractivity contribution in [2.75, 3.05) is 6.17 Å². The SMILES string of the molecule is CC(C)=C[SiH](CNC1CCCCC1)[Si](C)(C)C(C)(C)C. The fourth-order valence-electron chi connectivity index (χ4n) is 3.08. The Labute approximate surface area is 130 Å². The largest absolute Gasteiger partial charge is 0.317 e. The molecule has 1 fully saturated rings. The molecule has 0 amide bonds. The third-order valence-corrected chi connectivity index (χ3v) is 22.4. The number of allylic oxidation sites excluding steroid dienone is 1.